The number of carbonyl (C=O) groups is 4. The van der Waals surface area contributed by atoms with E-state index in [4.69, 9.17) is 20.4 Å². The van der Waals surface area contributed by atoms with E-state index < -0.39 is 49.3 Å². The van der Waals surface area contributed by atoms with Gasteiger partial charge in [-0.3, -0.25) is 0 Å². The van der Waals surface area contributed by atoms with Crippen molar-refractivity contribution in [2.24, 2.45) is 0 Å². The van der Waals surface area contributed by atoms with E-state index in [2.05, 4.69) is 21.3 Å². The van der Waals surface area contributed by atoms with Crippen molar-refractivity contribution in [3.05, 3.63) is 0 Å². The van der Waals surface area contributed by atoms with Crippen LogP contribution in [0.15, 0.2) is 0 Å². The van der Waals surface area contributed by atoms with Gasteiger partial charge in [-0.05, 0) is 12.8 Å². The molecule has 26 heavy (non-hydrogen) atoms. The molecule has 0 radical (unpaired) electrons. The molecular weight excluding hydrogens is 352 g/mol. The Morgan fingerprint density at radius 1 is 0.654 bits per heavy atom. The molecule has 150 valence electrons. The fraction of sp³-hybridized carbons (Fsp3) is 0.714. The number of carboxylic acids is 2. The second-order valence-corrected chi connectivity index (χ2v) is 5.36. The van der Waals surface area contributed by atoms with Crippen LogP contribution in [-0.4, -0.2) is 82.8 Å². The molecule has 0 aliphatic carbocycles. The van der Waals surface area contributed by atoms with Gasteiger partial charge in [0.25, 0.3) is 0 Å². The van der Waals surface area contributed by atoms with Crippen molar-refractivity contribution < 1.29 is 39.6 Å². The highest BCUT2D eigenvalue weighted by Crippen LogP contribution is 1.98. The number of carbonyl (C=O) groups excluding carboxylic acids is 2. The number of urea groups is 2. The number of carboxylic acid groups (broad SMARTS) is 2. The molecule has 0 saturated heterocycles. The van der Waals surface area contributed by atoms with Crippen LogP contribution in [0, 0.1) is 0 Å². The SMILES string of the molecule is O=C(NCCCCCCNC(=O)N[C@@H](CO)C(=O)O)N[C@@H](CO)C(=O)O. The highest BCUT2D eigenvalue weighted by atomic mass is 16.4. The number of aliphatic carboxylic acids is 2. The summed E-state index contributed by atoms with van der Waals surface area (Å²) in [5.74, 6) is -2.65. The summed E-state index contributed by atoms with van der Waals surface area (Å²) < 4.78 is 0. The summed E-state index contributed by atoms with van der Waals surface area (Å²) in [4.78, 5) is 44.0. The summed E-state index contributed by atoms with van der Waals surface area (Å²) in [6, 6.07) is -4.05. The van der Waals surface area contributed by atoms with E-state index in [9.17, 15) is 19.2 Å². The van der Waals surface area contributed by atoms with Gasteiger partial charge in [0.15, 0.2) is 12.1 Å². The Balaban J connectivity index is 3.64. The third-order valence-corrected chi connectivity index (χ3v) is 3.25. The third kappa shape index (κ3) is 11.0. The minimum Gasteiger partial charge on any atom is -0.480 e. The number of amides is 4. The molecule has 0 aromatic rings. The van der Waals surface area contributed by atoms with Gasteiger partial charge in [0.2, 0.25) is 0 Å². The van der Waals surface area contributed by atoms with Crippen LogP contribution in [0.4, 0.5) is 9.59 Å². The van der Waals surface area contributed by atoms with Crippen molar-refractivity contribution in [1.29, 1.82) is 0 Å². The maximum atomic E-state index is 11.4. The molecule has 8 N–H and O–H groups in total. The van der Waals surface area contributed by atoms with Crippen LogP contribution >= 0.6 is 0 Å². The Bertz CT molecular complexity index is 432. The zero-order chi connectivity index (χ0) is 19.9. The van der Waals surface area contributed by atoms with Crippen LogP contribution in [0.2, 0.25) is 0 Å². The van der Waals surface area contributed by atoms with Crippen LogP contribution in [-0.2, 0) is 9.59 Å². The van der Waals surface area contributed by atoms with Crippen LogP contribution in [0.25, 0.3) is 0 Å². The molecule has 4 amide bonds. The Labute approximate surface area is 150 Å². The molecule has 0 aliphatic rings. The van der Waals surface area contributed by atoms with Gasteiger partial charge in [-0.1, -0.05) is 12.8 Å². The average molecular weight is 378 g/mol. The Kier molecular flexibility index (Phi) is 12.3. The summed E-state index contributed by atoms with van der Waals surface area (Å²) in [5, 5.41) is 44.0. The third-order valence-electron chi connectivity index (χ3n) is 3.25. The van der Waals surface area contributed by atoms with Crippen LogP contribution in [0.3, 0.4) is 0 Å². The maximum Gasteiger partial charge on any atom is 0.328 e. The minimum atomic E-state index is -1.35. The smallest absolute Gasteiger partial charge is 0.328 e. The van der Waals surface area contributed by atoms with Crippen molar-refractivity contribution in [2.45, 2.75) is 37.8 Å². The lowest BCUT2D eigenvalue weighted by atomic mass is 10.2. The highest BCUT2D eigenvalue weighted by molar-refractivity contribution is 5.83. The molecule has 0 heterocycles. The number of aliphatic hydroxyl groups is 2. The van der Waals surface area contributed by atoms with Crippen LogP contribution < -0.4 is 21.3 Å². The fourth-order valence-corrected chi connectivity index (χ4v) is 1.80. The van der Waals surface area contributed by atoms with Gasteiger partial charge >= 0.3 is 24.0 Å². The fourth-order valence-electron chi connectivity index (χ4n) is 1.80. The van der Waals surface area contributed by atoms with E-state index in [1.807, 2.05) is 0 Å². The molecule has 0 fully saturated rings. The van der Waals surface area contributed by atoms with E-state index in [0.29, 0.717) is 25.9 Å². The van der Waals surface area contributed by atoms with Gasteiger partial charge in [0, 0.05) is 13.1 Å². The van der Waals surface area contributed by atoms with Crippen molar-refractivity contribution in [2.75, 3.05) is 26.3 Å². The first-order valence-corrected chi connectivity index (χ1v) is 8.07. The summed E-state index contributed by atoms with van der Waals surface area (Å²) >= 11 is 0. The predicted molar refractivity (Wildman–Crippen MR) is 88.6 cm³/mol. The van der Waals surface area contributed by atoms with E-state index in [0.717, 1.165) is 12.8 Å². The topological polar surface area (TPSA) is 197 Å². The lowest BCUT2D eigenvalue weighted by Crippen LogP contribution is -2.48. The summed E-state index contributed by atoms with van der Waals surface area (Å²) in [5.41, 5.74) is 0. The van der Waals surface area contributed by atoms with E-state index >= 15 is 0 Å². The molecule has 0 spiro atoms. The van der Waals surface area contributed by atoms with Crippen LogP contribution in [0.1, 0.15) is 25.7 Å². The monoisotopic (exact) mass is 378 g/mol. The number of unbranched alkanes of at least 4 members (excludes halogenated alkanes) is 3. The van der Waals surface area contributed by atoms with Crippen molar-refractivity contribution in [3.63, 3.8) is 0 Å². The van der Waals surface area contributed by atoms with Gasteiger partial charge in [0.05, 0.1) is 13.2 Å². The van der Waals surface area contributed by atoms with Crippen LogP contribution in [0.5, 0.6) is 0 Å². The zero-order valence-electron chi connectivity index (χ0n) is 14.2. The highest BCUT2D eigenvalue weighted by Gasteiger charge is 2.18. The summed E-state index contributed by atoms with van der Waals surface area (Å²) in [7, 11) is 0. The maximum absolute atomic E-state index is 11.4. The molecule has 0 saturated carbocycles. The van der Waals surface area contributed by atoms with Crippen molar-refractivity contribution >= 4 is 24.0 Å². The second-order valence-electron chi connectivity index (χ2n) is 5.36. The van der Waals surface area contributed by atoms with E-state index in [1.54, 1.807) is 0 Å². The average Bonchev–Trinajstić information content (AvgIpc) is 2.59. The second kappa shape index (κ2) is 13.7. The lowest BCUT2D eigenvalue weighted by Gasteiger charge is -2.13. The molecule has 12 nitrogen and oxygen atoms in total. The summed E-state index contributed by atoms with van der Waals surface area (Å²) in [6.07, 6.45) is 2.78. The molecule has 0 bridgehead atoms. The van der Waals surface area contributed by atoms with E-state index in [1.165, 1.54) is 0 Å². The first-order valence-electron chi connectivity index (χ1n) is 8.07. The van der Waals surface area contributed by atoms with E-state index in [-0.39, 0.29) is 0 Å². The van der Waals surface area contributed by atoms with Crippen molar-refractivity contribution in [1.82, 2.24) is 21.3 Å². The van der Waals surface area contributed by atoms with Gasteiger partial charge in [-0.2, -0.15) is 0 Å². The van der Waals surface area contributed by atoms with Gasteiger partial charge in [-0.15, -0.1) is 0 Å². The lowest BCUT2D eigenvalue weighted by molar-refractivity contribution is -0.141. The normalized spacial score (nSPS) is 12.5. The molecule has 0 aromatic heterocycles. The van der Waals surface area contributed by atoms with Gasteiger partial charge in [0.1, 0.15) is 0 Å². The number of hydrogen-bond acceptors (Lipinski definition) is 6. The zero-order valence-corrected chi connectivity index (χ0v) is 14.2. The molecule has 12 heteroatoms. The Hall–Kier alpha value is -2.60. The molecule has 0 unspecified atom stereocenters. The first kappa shape index (κ1) is 23.4. The van der Waals surface area contributed by atoms with Crippen molar-refractivity contribution in [3.8, 4) is 0 Å². The minimum absolute atomic E-state index is 0.328. The van der Waals surface area contributed by atoms with Gasteiger partial charge in [-0.25, -0.2) is 19.2 Å². The standard InChI is InChI=1S/C14H26N4O8/c19-7-9(11(21)22)17-13(25)15-5-3-1-2-4-6-16-14(26)18-10(8-20)12(23)24/h9-10,19-20H,1-8H2,(H,21,22)(H,23,24)(H2,15,17,25)(H2,16,18,26)/t9-,10-/m0/s1. The first-order chi connectivity index (χ1) is 12.3. The Morgan fingerprint density at radius 2 is 1.00 bits per heavy atom. The predicted octanol–water partition coefficient (Wildman–Crippen LogP) is -1.96. The molecule has 0 rings (SSSR count). The number of hydrogen-bond donors (Lipinski definition) is 8. The number of rotatable bonds is 13. The summed E-state index contributed by atoms with van der Waals surface area (Å²) in [6.45, 7) is -0.744. The number of nitrogens with one attached hydrogen (secondary N) is 4. The number of aliphatic hydroxyl groups excluding tert-OH is 2. The molecule has 0 aliphatic heterocycles. The molecular formula is C14H26N4O8. The largest absolute Gasteiger partial charge is 0.480 e. The van der Waals surface area contributed by atoms with Gasteiger partial charge < -0.3 is 41.7 Å². The molecule has 2 atom stereocenters. The Morgan fingerprint density at radius 3 is 1.27 bits per heavy atom. The quantitative estimate of drug-likeness (QED) is 0.169. The molecule has 0 aromatic carbocycles.